The van der Waals surface area contributed by atoms with Gasteiger partial charge in [-0.1, -0.05) is 0 Å². The first kappa shape index (κ1) is 6.10. The van der Waals surface area contributed by atoms with Crippen LogP contribution in [0.25, 0.3) is 0 Å². The number of hydrogen-bond donors (Lipinski definition) is 0. The minimum Gasteiger partial charge on any atom is -0.388 e. The Kier molecular flexibility index (Phi) is 0.911. The van der Waals surface area contributed by atoms with Crippen molar-refractivity contribution in [2.75, 3.05) is 0 Å². The fraction of sp³-hybridized carbons (Fsp3) is 0.750. The smallest absolute Gasteiger partial charge is 0.388 e. The van der Waals surface area contributed by atoms with Crippen molar-refractivity contribution in [3.63, 3.8) is 0 Å². The van der Waals surface area contributed by atoms with Crippen LogP contribution < -0.4 is 0 Å². The summed E-state index contributed by atoms with van der Waals surface area (Å²) in [5, 5.41) is -0.473. The first-order valence-electron chi connectivity index (χ1n) is 2.70. The van der Waals surface area contributed by atoms with Gasteiger partial charge in [0.1, 0.15) is 5.22 Å². The number of halogens is 1. The maximum atomic E-state index is 5.54. The van der Waals surface area contributed by atoms with Gasteiger partial charge in [0.15, 0.2) is 14.7 Å². The van der Waals surface area contributed by atoms with Crippen LogP contribution in [0.15, 0.2) is 0 Å². The van der Waals surface area contributed by atoms with Crippen LogP contribution >= 0.6 is 11.5 Å². The summed E-state index contributed by atoms with van der Waals surface area (Å²) in [6.45, 7) is 5.24. The summed E-state index contributed by atoms with van der Waals surface area (Å²) in [7, 11) is 0.637. The zero-order chi connectivity index (χ0) is 6.70. The molecular formula is C4H5BClO2Si+. The van der Waals surface area contributed by atoms with Gasteiger partial charge >= 0.3 is 6.53 Å². The van der Waals surface area contributed by atoms with E-state index in [1.54, 1.807) is 0 Å². The molecule has 2 aliphatic rings. The van der Waals surface area contributed by atoms with E-state index in [2.05, 4.69) is 6.92 Å². The molecule has 0 spiro atoms. The summed E-state index contributed by atoms with van der Waals surface area (Å²) >= 11 is 5.54. The quantitative estimate of drug-likeness (QED) is 0.372. The molecule has 0 aliphatic carbocycles. The van der Waals surface area contributed by atoms with E-state index in [0.717, 1.165) is 0 Å². The van der Waals surface area contributed by atoms with Crippen LogP contribution in [0, 0.1) is 6.92 Å². The van der Waals surface area contributed by atoms with Crippen molar-refractivity contribution in [2.24, 2.45) is 0 Å². The van der Waals surface area contributed by atoms with Gasteiger partial charge in [-0.05, 0) is 6.92 Å². The third kappa shape index (κ3) is 0.620. The molecule has 46 valence electrons. The molecule has 0 saturated carbocycles. The maximum Gasteiger partial charge on any atom is 0.575 e. The highest BCUT2D eigenvalue weighted by atomic mass is 35.5. The van der Waals surface area contributed by atoms with Crippen LogP contribution in [-0.2, 0) is 9.31 Å². The summed E-state index contributed by atoms with van der Waals surface area (Å²) in [4.78, 5) is 0. The highest BCUT2D eigenvalue weighted by Gasteiger charge is 2.78. The van der Waals surface area contributed by atoms with E-state index in [1.165, 1.54) is 0 Å². The third-order valence-electron chi connectivity index (χ3n) is 1.77. The Hall–Kier alpha value is 0.362. The molecule has 0 unspecified atom stereocenters. The molecule has 2 radical (unpaired) electrons. The highest BCUT2D eigenvalue weighted by molar-refractivity contribution is 7.01. The summed E-state index contributed by atoms with van der Waals surface area (Å²) in [5.74, 6) is 0. The van der Waals surface area contributed by atoms with Crippen LogP contribution in [0.1, 0.15) is 6.92 Å². The van der Waals surface area contributed by atoms with Crippen molar-refractivity contribution in [3.8, 4) is 0 Å². The zero-order valence-electron chi connectivity index (χ0n) is 4.98. The fourth-order valence-electron chi connectivity index (χ4n) is 0.988. The average Bonchev–Trinajstić information content (AvgIpc) is 1.97. The molecule has 0 amide bonds. The van der Waals surface area contributed by atoms with E-state index in [1.807, 2.05) is 6.92 Å². The van der Waals surface area contributed by atoms with Crippen LogP contribution in [0.2, 0.25) is 0 Å². The molecule has 5 heteroatoms. The van der Waals surface area contributed by atoms with Gasteiger partial charge in [0, 0.05) is 0 Å². The minimum absolute atomic E-state index is 0.167. The molecule has 2 heterocycles. The van der Waals surface area contributed by atoms with Crippen LogP contribution in [-0.4, -0.2) is 26.5 Å². The van der Waals surface area contributed by atoms with Crippen molar-refractivity contribution in [2.45, 2.75) is 17.4 Å². The van der Waals surface area contributed by atoms with Gasteiger partial charge in [-0.2, -0.15) is 0 Å². The minimum atomic E-state index is -0.575. The standard InChI is InChI=1S/C4H5BClO2Si/c1-3-4(2,9-3)8-5(6)7-3/h1H2,2H3/q+1/t3-,4+/m0/s1. The largest absolute Gasteiger partial charge is 0.575 e. The van der Waals surface area contributed by atoms with Crippen molar-refractivity contribution in [1.29, 1.82) is 0 Å². The Morgan fingerprint density at radius 2 is 2.33 bits per heavy atom. The van der Waals surface area contributed by atoms with Crippen molar-refractivity contribution < 1.29 is 9.31 Å². The highest BCUT2D eigenvalue weighted by Crippen LogP contribution is 2.50. The molecule has 9 heavy (non-hydrogen) atoms. The Morgan fingerprint density at radius 1 is 1.67 bits per heavy atom. The first-order chi connectivity index (χ1) is 4.06. The van der Waals surface area contributed by atoms with Gasteiger partial charge in [-0.25, -0.2) is 0 Å². The molecule has 2 aliphatic heterocycles. The molecule has 2 rings (SSSR count). The van der Waals surface area contributed by atoms with Gasteiger partial charge in [0.2, 0.25) is 0 Å². The molecule has 0 bridgehead atoms. The second-order valence-corrected chi connectivity index (χ2v) is 4.86. The lowest BCUT2D eigenvalue weighted by Gasteiger charge is -1.99. The van der Waals surface area contributed by atoms with Crippen molar-refractivity contribution in [3.05, 3.63) is 6.92 Å². The predicted molar refractivity (Wildman–Crippen MR) is 36.0 cm³/mol. The van der Waals surface area contributed by atoms with Gasteiger partial charge in [-0.15, -0.1) is 11.5 Å². The predicted octanol–water partition coefficient (Wildman–Crippen LogP) is 0.221. The summed E-state index contributed by atoms with van der Waals surface area (Å²) < 4.78 is 10.4. The van der Waals surface area contributed by atoms with Crippen LogP contribution in [0.5, 0.6) is 0 Å². The molecule has 2 nitrogen and oxygen atoms in total. The number of rotatable bonds is 0. The normalized spacial score (nSPS) is 55.6. The summed E-state index contributed by atoms with van der Waals surface area (Å²) in [6, 6.07) is 0. The molecule has 0 aromatic rings. The third-order valence-corrected chi connectivity index (χ3v) is 3.70. The fourth-order valence-corrected chi connectivity index (χ4v) is 2.63. The van der Waals surface area contributed by atoms with E-state index in [4.69, 9.17) is 20.8 Å². The van der Waals surface area contributed by atoms with E-state index < -0.39 is 6.53 Å². The second kappa shape index (κ2) is 1.34. The van der Waals surface area contributed by atoms with Crippen LogP contribution in [0.3, 0.4) is 0 Å². The molecule has 0 aromatic heterocycles. The molecule has 0 N–H and O–H groups in total. The van der Waals surface area contributed by atoms with E-state index in [0.29, 0.717) is 9.52 Å². The Labute approximate surface area is 61.7 Å². The van der Waals surface area contributed by atoms with Gasteiger partial charge in [0.05, 0.1) is 6.92 Å². The zero-order valence-corrected chi connectivity index (χ0v) is 6.73. The Bertz CT molecular complexity index is 153. The van der Waals surface area contributed by atoms with Gasteiger partial charge < -0.3 is 9.31 Å². The lowest BCUT2D eigenvalue weighted by molar-refractivity contribution is 0.207. The van der Waals surface area contributed by atoms with Crippen LogP contribution in [0.4, 0.5) is 0 Å². The first-order valence-corrected chi connectivity index (χ1v) is 4.14. The van der Waals surface area contributed by atoms with Gasteiger partial charge in [-0.3, -0.25) is 0 Å². The molecule has 2 fully saturated rings. The molecular weight excluding hydrogens is 154 g/mol. The SMILES string of the molecule is [CH2+][C@@]12OB(Cl)O[C@]1(C)[Si]2. The topological polar surface area (TPSA) is 18.5 Å². The Morgan fingerprint density at radius 3 is 2.56 bits per heavy atom. The maximum absolute atomic E-state index is 5.54. The monoisotopic (exact) mass is 159 g/mol. The number of hydrogen-bond acceptors (Lipinski definition) is 2. The summed E-state index contributed by atoms with van der Waals surface area (Å²) in [6.07, 6.45) is 0. The average molecular weight is 159 g/mol. The summed E-state index contributed by atoms with van der Waals surface area (Å²) in [5.41, 5.74) is 0. The lowest BCUT2D eigenvalue weighted by Crippen LogP contribution is -2.17. The van der Waals surface area contributed by atoms with Crippen molar-refractivity contribution >= 4 is 27.5 Å². The Balaban J connectivity index is 2.20. The second-order valence-electron chi connectivity index (χ2n) is 2.50. The van der Waals surface area contributed by atoms with E-state index in [9.17, 15) is 0 Å². The van der Waals surface area contributed by atoms with E-state index in [-0.39, 0.29) is 10.4 Å². The number of fused-ring (bicyclic) bond motifs is 1. The lowest BCUT2D eigenvalue weighted by atomic mass is 10.3. The van der Waals surface area contributed by atoms with E-state index >= 15 is 0 Å². The molecule has 2 atom stereocenters. The molecule has 2 saturated heterocycles. The van der Waals surface area contributed by atoms with Gasteiger partial charge in [0.25, 0.3) is 0 Å². The molecule has 0 aromatic carbocycles. The van der Waals surface area contributed by atoms with Crippen molar-refractivity contribution in [1.82, 2.24) is 0 Å².